The van der Waals surface area contributed by atoms with Crippen molar-refractivity contribution < 1.29 is 28.2 Å². The molecule has 1 aliphatic heterocycles. The number of Topliss-reactive ketones (excluding diaryl/α,β-unsaturated/α-hetero) is 1. The molecule has 1 aliphatic rings. The van der Waals surface area contributed by atoms with Gasteiger partial charge in [-0.25, -0.2) is 8.78 Å². The van der Waals surface area contributed by atoms with E-state index >= 15 is 0 Å². The van der Waals surface area contributed by atoms with Crippen LogP contribution in [-0.2, 0) is 9.59 Å². The molecule has 0 aliphatic carbocycles. The molecule has 3 aromatic rings. The number of hydrogen-bond donors (Lipinski definition) is 1. The van der Waals surface area contributed by atoms with E-state index in [1.165, 1.54) is 37.4 Å². The molecule has 1 unspecified atom stereocenters. The predicted octanol–water partition coefficient (Wildman–Crippen LogP) is 4.60. The summed E-state index contributed by atoms with van der Waals surface area (Å²) < 4.78 is 33.2. The van der Waals surface area contributed by atoms with Gasteiger partial charge in [-0.15, -0.1) is 0 Å². The molecule has 0 spiro atoms. The van der Waals surface area contributed by atoms with Crippen molar-refractivity contribution in [3.8, 4) is 5.75 Å². The Kier molecular flexibility index (Phi) is 5.25. The Morgan fingerprint density at radius 3 is 2.19 bits per heavy atom. The van der Waals surface area contributed by atoms with E-state index in [0.717, 1.165) is 17.0 Å². The molecular weight excluding hydrogens is 404 g/mol. The first kappa shape index (κ1) is 20.3. The van der Waals surface area contributed by atoms with Crippen molar-refractivity contribution in [3.63, 3.8) is 0 Å². The predicted molar refractivity (Wildman–Crippen MR) is 111 cm³/mol. The monoisotopic (exact) mass is 421 g/mol. The lowest BCUT2D eigenvalue weighted by molar-refractivity contribution is -0.132. The van der Waals surface area contributed by atoms with Gasteiger partial charge in [-0.3, -0.25) is 14.5 Å². The first-order valence-electron chi connectivity index (χ1n) is 9.38. The number of carbonyl (C=O) groups is 2. The van der Waals surface area contributed by atoms with Gasteiger partial charge in [-0.1, -0.05) is 18.2 Å². The Morgan fingerprint density at radius 1 is 0.935 bits per heavy atom. The first-order valence-corrected chi connectivity index (χ1v) is 9.38. The average Bonchev–Trinajstić information content (AvgIpc) is 3.04. The van der Waals surface area contributed by atoms with Gasteiger partial charge >= 0.3 is 0 Å². The molecule has 1 amide bonds. The third-order valence-electron chi connectivity index (χ3n) is 5.11. The molecule has 0 aromatic heterocycles. The van der Waals surface area contributed by atoms with E-state index in [4.69, 9.17) is 4.74 Å². The molecule has 31 heavy (non-hydrogen) atoms. The zero-order chi connectivity index (χ0) is 22.1. The smallest absolute Gasteiger partial charge is 0.300 e. The quantitative estimate of drug-likeness (QED) is 0.380. The van der Waals surface area contributed by atoms with Crippen LogP contribution in [0.1, 0.15) is 17.2 Å². The molecule has 1 atom stereocenters. The Bertz CT molecular complexity index is 1190. The highest BCUT2D eigenvalue weighted by Crippen LogP contribution is 2.43. The molecule has 7 heteroatoms. The maximum Gasteiger partial charge on any atom is 0.300 e. The van der Waals surface area contributed by atoms with E-state index < -0.39 is 35.1 Å². The van der Waals surface area contributed by atoms with E-state index in [1.807, 2.05) is 0 Å². The van der Waals surface area contributed by atoms with E-state index in [0.29, 0.717) is 11.4 Å². The van der Waals surface area contributed by atoms with Crippen LogP contribution < -0.4 is 9.64 Å². The lowest BCUT2D eigenvalue weighted by Gasteiger charge is -2.25. The van der Waals surface area contributed by atoms with E-state index in [-0.39, 0.29) is 16.7 Å². The lowest BCUT2D eigenvalue weighted by atomic mass is 9.94. The van der Waals surface area contributed by atoms with Crippen molar-refractivity contribution in [2.75, 3.05) is 12.0 Å². The van der Waals surface area contributed by atoms with Crippen molar-refractivity contribution in [1.29, 1.82) is 0 Å². The summed E-state index contributed by atoms with van der Waals surface area (Å²) in [4.78, 5) is 27.1. The number of amides is 1. The Morgan fingerprint density at radius 2 is 1.58 bits per heavy atom. The highest BCUT2D eigenvalue weighted by Gasteiger charge is 2.47. The molecule has 0 saturated carbocycles. The number of hydrogen-bond acceptors (Lipinski definition) is 4. The molecule has 5 nitrogen and oxygen atoms in total. The summed E-state index contributed by atoms with van der Waals surface area (Å²) in [6.07, 6.45) is 0. The van der Waals surface area contributed by atoms with Gasteiger partial charge in [0.15, 0.2) is 0 Å². The van der Waals surface area contributed by atoms with Gasteiger partial charge in [0.2, 0.25) is 0 Å². The molecule has 1 fully saturated rings. The van der Waals surface area contributed by atoms with Crippen molar-refractivity contribution in [2.24, 2.45) is 0 Å². The van der Waals surface area contributed by atoms with Crippen molar-refractivity contribution in [2.45, 2.75) is 6.04 Å². The Balaban J connectivity index is 1.94. The summed E-state index contributed by atoms with van der Waals surface area (Å²) in [6, 6.07) is 15.6. The summed E-state index contributed by atoms with van der Waals surface area (Å²) >= 11 is 0. The van der Waals surface area contributed by atoms with E-state index in [1.54, 1.807) is 30.3 Å². The summed E-state index contributed by atoms with van der Waals surface area (Å²) in [7, 11) is 1.49. The Hall–Kier alpha value is -4.00. The number of methoxy groups -OCH3 is 1. The molecule has 1 N–H and O–H groups in total. The van der Waals surface area contributed by atoms with Crippen LogP contribution in [-0.4, -0.2) is 23.9 Å². The number of anilines is 1. The minimum absolute atomic E-state index is 0.0428. The molecule has 0 radical (unpaired) electrons. The van der Waals surface area contributed by atoms with Gasteiger partial charge in [-0.05, 0) is 54.6 Å². The molecular formula is C24H17F2NO4. The minimum atomic E-state index is -1.21. The number of halogens is 2. The lowest BCUT2D eigenvalue weighted by Crippen LogP contribution is -2.29. The summed E-state index contributed by atoms with van der Waals surface area (Å²) in [5.74, 6) is -3.02. The summed E-state index contributed by atoms with van der Waals surface area (Å²) in [6.45, 7) is 0. The second-order valence-corrected chi connectivity index (χ2v) is 6.90. The maximum atomic E-state index is 14.8. The van der Waals surface area contributed by atoms with Crippen LogP contribution in [0.5, 0.6) is 5.75 Å². The fourth-order valence-electron chi connectivity index (χ4n) is 3.60. The van der Waals surface area contributed by atoms with Crippen LogP contribution in [0.15, 0.2) is 78.4 Å². The third kappa shape index (κ3) is 3.54. The standard InChI is InChI=1S/C24H17F2NO4/c1-31-17-12-10-16(11-13-17)27-21(18-4-2-3-5-19(18)26)20(23(29)24(27)30)22(28)14-6-8-15(25)9-7-14/h2-13,21,28H,1H3/b22-20-. The first-order chi connectivity index (χ1) is 14.9. The van der Waals surface area contributed by atoms with Gasteiger partial charge in [0, 0.05) is 16.8 Å². The van der Waals surface area contributed by atoms with E-state index in [2.05, 4.69) is 0 Å². The SMILES string of the molecule is COc1ccc(N2C(=O)C(=O)/C(=C(\O)c3ccc(F)cc3)C2c2ccccc2F)cc1. The number of rotatable bonds is 4. The van der Waals surface area contributed by atoms with Gasteiger partial charge in [0.05, 0.1) is 18.7 Å². The van der Waals surface area contributed by atoms with Crippen LogP contribution in [0.25, 0.3) is 5.76 Å². The number of ketones is 1. The molecule has 1 saturated heterocycles. The number of carbonyl (C=O) groups excluding carboxylic acids is 2. The van der Waals surface area contributed by atoms with Crippen LogP contribution in [0.2, 0.25) is 0 Å². The Labute approximate surface area is 176 Å². The molecule has 0 bridgehead atoms. The number of aliphatic hydroxyl groups excluding tert-OH is 1. The van der Waals surface area contributed by atoms with Crippen LogP contribution in [0.4, 0.5) is 14.5 Å². The van der Waals surface area contributed by atoms with Gasteiger partial charge in [0.25, 0.3) is 11.7 Å². The number of aliphatic hydroxyl groups is 1. The fourth-order valence-corrected chi connectivity index (χ4v) is 3.60. The topological polar surface area (TPSA) is 66.8 Å². The van der Waals surface area contributed by atoms with Gasteiger partial charge in [0.1, 0.15) is 23.1 Å². The second kappa shape index (κ2) is 8.02. The second-order valence-electron chi connectivity index (χ2n) is 6.90. The zero-order valence-corrected chi connectivity index (χ0v) is 16.4. The fraction of sp³-hybridized carbons (Fsp3) is 0.0833. The van der Waals surface area contributed by atoms with Gasteiger partial charge in [-0.2, -0.15) is 0 Å². The van der Waals surface area contributed by atoms with Crippen LogP contribution in [0, 0.1) is 11.6 Å². The highest BCUT2D eigenvalue weighted by molar-refractivity contribution is 6.51. The minimum Gasteiger partial charge on any atom is -0.507 e. The number of ether oxygens (including phenoxy) is 1. The summed E-state index contributed by atoms with van der Waals surface area (Å²) in [5, 5.41) is 10.9. The molecule has 156 valence electrons. The third-order valence-corrected chi connectivity index (χ3v) is 5.11. The van der Waals surface area contributed by atoms with Crippen LogP contribution in [0.3, 0.4) is 0 Å². The largest absolute Gasteiger partial charge is 0.507 e. The number of benzene rings is 3. The average molecular weight is 421 g/mol. The van der Waals surface area contributed by atoms with Gasteiger partial charge < -0.3 is 9.84 Å². The highest BCUT2D eigenvalue weighted by atomic mass is 19.1. The van der Waals surface area contributed by atoms with Crippen molar-refractivity contribution >= 4 is 23.1 Å². The maximum absolute atomic E-state index is 14.8. The number of nitrogens with zero attached hydrogens (tertiary/aromatic N) is 1. The molecule has 3 aromatic carbocycles. The normalized spacial score (nSPS) is 17.8. The van der Waals surface area contributed by atoms with Crippen LogP contribution >= 0.6 is 0 Å². The molecule has 4 rings (SSSR count). The molecule has 1 heterocycles. The van der Waals surface area contributed by atoms with Crippen molar-refractivity contribution in [1.82, 2.24) is 0 Å². The summed E-state index contributed by atoms with van der Waals surface area (Å²) in [5.41, 5.74) is 0.225. The van der Waals surface area contributed by atoms with E-state index in [9.17, 15) is 23.5 Å². The van der Waals surface area contributed by atoms with Crippen molar-refractivity contribution in [3.05, 3.63) is 101 Å². The zero-order valence-electron chi connectivity index (χ0n) is 16.4.